The lowest BCUT2D eigenvalue weighted by Crippen LogP contribution is -2.12. The predicted molar refractivity (Wildman–Crippen MR) is 82.6 cm³/mol. The van der Waals surface area contributed by atoms with Crippen molar-refractivity contribution in [2.45, 2.75) is 6.04 Å². The Morgan fingerprint density at radius 3 is 2.56 bits per heavy atom. The van der Waals surface area contributed by atoms with Crippen molar-refractivity contribution in [3.8, 4) is 11.5 Å². The summed E-state index contributed by atoms with van der Waals surface area (Å²) in [5, 5.41) is 2.08. The lowest BCUT2D eigenvalue weighted by Gasteiger charge is -2.15. The molecule has 1 atom stereocenters. The molecule has 0 fully saturated rings. The zero-order valence-electron chi connectivity index (χ0n) is 10.1. The molecule has 18 heavy (non-hydrogen) atoms. The van der Waals surface area contributed by atoms with Crippen LogP contribution in [0.2, 0.25) is 0 Å². The molecule has 0 amide bonds. The van der Waals surface area contributed by atoms with Gasteiger partial charge in [0.1, 0.15) is 11.5 Å². The summed E-state index contributed by atoms with van der Waals surface area (Å²) in [6, 6.07) is 7.62. The third-order valence-corrected chi connectivity index (χ3v) is 4.53. The highest BCUT2D eigenvalue weighted by atomic mass is 127. The van der Waals surface area contributed by atoms with Gasteiger partial charge < -0.3 is 15.2 Å². The first-order valence-electron chi connectivity index (χ1n) is 5.37. The van der Waals surface area contributed by atoms with Gasteiger partial charge >= 0.3 is 0 Å². The van der Waals surface area contributed by atoms with Gasteiger partial charge in [-0.3, -0.25) is 0 Å². The number of nitrogens with two attached hydrogens (primary N) is 1. The Kier molecular flexibility index (Phi) is 4.47. The second-order valence-corrected chi connectivity index (χ2v) is 6.58. The minimum absolute atomic E-state index is 0.175. The van der Waals surface area contributed by atoms with Crippen LogP contribution in [0.1, 0.15) is 17.2 Å². The van der Waals surface area contributed by atoms with E-state index in [1.807, 2.05) is 18.2 Å². The van der Waals surface area contributed by atoms with Gasteiger partial charge in [0.25, 0.3) is 0 Å². The predicted octanol–water partition coefficient (Wildman–Crippen LogP) is 3.42. The monoisotopic (exact) mass is 375 g/mol. The van der Waals surface area contributed by atoms with E-state index in [1.165, 1.54) is 2.88 Å². The van der Waals surface area contributed by atoms with Gasteiger partial charge in [-0.2, -0.15) is 0 Å². The van der Waals surface area contributed by atoms with Crippen LogP contribution in [0, 0.1) is 2.88 Å². The highest BCUT2D eigenvalue weighted by molar-refractivity contribution is 14.1. The Hall–Kier alpha value is -0.790. The van der Waals surface area contributed by atoms with E-state index in [4.69, 9.17) is 15.2 Å². The summed E-state index contributed by atoms with van der Waals surface area (Å²) in [5.74, 6) is 1.52. The van der Waals surface area contributed by atoms with E-state index in [0.29, 0.717) is 0 Å². The second-order valence-electron chi connectivity index (χ2n) is 3.77. The molecular formula is C13H14INO2S. The van der Waals surface area contributed by atoms with Crippen LogP contribution < -0.4 is 15.2 Å². The molecule has 0 spiro atoms. The Morgan fingerprint density at radius 2 is 2.00 bits per heavy atom. The second kappa shape index (κ2) is 5.90. The van der Waals surface area contributed by atoms with Crippen molar-refractivity contribution in [3.63, 3.8) is 0 Å². The zero-order valence-corrected chi connectivity index (χ0v) is 13.1. The molecular weight excluding hydrogens is 361 g/mol. The fraction of sp³-hybridized carbons (Fsp3) is 0.231. The van der Waals surface area contributed by atoms with Crippen molar-refractivity contribution >= 4 is 33.9 Å². The van der Waals surface area contributed by atoms with Crippen LogP contribution in [0.25, 0.3) is 0 Å². The molecule has 2 aromatic rings. The van der Waals surface area contributed by atoms with Crippen molar-refractivity contribution in [1.82, 2.24) is 0 Å². The van der Waals surface area contributed by atoms with E-state index in [-0.39, 0.29) is 6.04 Å². The molecule has 0 radical (unpaired) electrons. The SMILES string of the molecule is COc1ccc(C(N)c2csc(I)c2)c(OC)c1. The van der Waals surface area contributed by atoms with Crippen LogP contribution in [-0.4, -0.2) is 14.2 Å². The zero-order chi connectivity index (χ0) is 13.1. The van der Waals surface area contributed by atoms with E-state index < -0.39 is 0 Å². The Labute approximate surface area is 124 Å². The largest absolute Gasteiger partial charge is 0.497 e. The molecule has 1 heterocycles. The van der Waals surface area contributed by atoms with Crippen LogP contribution in [-0.2, 0) is 0 Å². The molecule has 0 saturated heterocycles. The number of hydrogen-bond acceptors (Lipinski definition) is 4. The highest BCUT2D eigenvalue weighted by Gasteiger charge is 2.16. The maximum absolute atomic E-state index is 6.28. The van der Waals surface area contributed by atoms with Gasteiger partial charge in [-0.25, -0.2) is 0 Å². The molecule has 1 aromatic heterocycles. The van der Waals surface area contributed by atoms with E-state index >= 15 is 0 Å². The topological polar surface area (TPSA) is 44.5 Å². The fourth-order valence-electron chi connectivity index (χ4n) is 1.74. The normalized spacial score (nSPS) is 12.2. The van der Waals surface area contributed by atoms with Crippen LogP contribution in [0.3, 0.4) is 0 Å². The van der Waals surface area contributed by atoms with Crippen LogP contribution >= 0.6 is 33.9 Å². The fourth-order valence-corrected chi connectivity index (χ4v) is 3.15. The Bertz CT molecular complexity index is 542. The minimum Gasteiger partial charge on any atom is -0.497 e. The van der Waals surface area contributed by atoms with Crippen molar-refractivity contribution < 1.29 is 9.47 Å². The molecule has 0 bridgehead atoms. The van der Waals surface area contributed by atoms with Crippen molar-refractivity contribution in [2.24, 2.45) is 5.73 Å². The molecule has 96 valence electrons. The standard InChI is InChI=1S/C13H14INO2S/c1-16-9-3-4-10(11(6-9)17-2)13(15)8-5-12(14)18-7-8/h3-7,13H,15H2,1-2H3. The third-order valence-electron chi connectivity index (χ3n) is 2.72. The van der Waals surface area contributed by atoms with Crippen LogP contribution in [0.4, 0.5) is 0 Å². The van der Waals surface area contributed by atoms with Crippen LogP contribution in [0.5, 0.6) is 11.5 Å². The summed E-state index contributed by atoms with van der Waals surface area (Å²) in [6.45, 7) is 0. The number of benzene rings is 1. The molecule has 0 aliphatic carbocycles. The molecule has 0 aliphatic rings. The molecule has 1 unspecified atom stereocenters. The average Bonchev–Trinajstić information content (AvgIpc) is 2.83. The maximum Gasteiger partial charge on any atom is 0.127 e. The molecule has 1 aromatic carbocycles. The van der Waals surface area contributed by atoms with Crippen molar-refractivity contribution in [2.75, 3.05) is 14.2 Å². The summed E-state index contributed by atoms with van der Waals surface area (Å²) >= 11 is 3.98. The molecule has 3 nitrogen and oxygen atoms in total. The number of halogens is 1. The first-order valence-corrected chi connectivity index (χ1v) is 7.33. The van der Waals surface area contributed by atoms with Gasteiger partial charge in [0.2, 0.25) is 0 Å². The van der Waals surface area contributed by atoms with E-state index in [0.717, 1.165) is 22.6 Å². The molecule has 0 saturated carbocycles. The lowest BCUT2D eigenvalue weighted by atomic mass is 10.0. The molecule has 5 heteroatoms. The van der Waals surface area contributed by atoms with Crippen molar-refractivity contribution in [1.29, 1.82) is 0 Å². The number of methoxy groups -OCH3 is 2. The summed E-state index contributed by atoms with van der Waals surface area (Å²) in [6.07, 6.45) is 0. The van der Waals surface area contributed by atoms with Gasteiger partial charge in [-0.15, -0.1) is 11.3 Å². The van der Waals surface area contributed by atoms with Gasteiger partial charge in [0, 0.05) is 11.6 Å². The molecule has 2 N–H and O–H groups in total. The van der Waals surface area contributed by atoms with Crippen molar-refractivity contribution in [3.05, 3.63) is 43.7 Å². The quantitative estimate of drug-likeness (QED) is 0.833. The van der Waals surface area contributed by atoms with E-state index in [2.05, 4.69) is 34.0 Å². The Morgan fingerprint density at radius 1 is 1.22 bits per heavy atom. The third kappa shape index (κ3) is 2.78. The first-order chi connectivity index (χ1) is 8.65. The van der Waals surface area contributed by atoms with E-state index in [1.54, 1.807) is 25.6 Å². The summed E-state index contributed by atoms with van der Waals surface area (Å²) in [7, 11) is 3.28. The highest BCUT2D eigenvalue weighted by Crippen LogP contribution is 2.33. The van der Waals surface area contributed by atoms with E-state index in [9.17, 15) is 0 Å². The van der Waals surface area contributed by atoms with Crippen LogP contribution in [0.15, 0.2) is 29.6 Å². The summed E-state index contributed by atoms with van der Waals surface area (Å²) in [4.78, 5) is 0. The molecule has 0 aliphatic heterocycles. The summed E-state index contributed by atoms with van der Waals surface area (Å²) < 4.78 is 11.8. The minimum atomic E-state index is -0.175. The number of hydrogen-bond donors (Lipinski definition) is 1. The Balaban J connectivity index is 2.38. The molecule has 2 rings (SSSR count). The number of ether oxygens (including phenoxy) is 2. The number of thiophene rings is 1. The first kappa shape index (κ1) is 13.6. The number of rotatable bonds is 4. The van der Waals surface area contributed by atoms with Gasteiger partial charge in [-0.1, -0.05) is 0 Å². The smallest absolute Gasteiger partial charge is 0.127 e. The maximum atomic E-state index is 6.28. The van der Waals surface area contributed by atoms with Gasteiger partial charge in [0.05, 0.1) is 23.1 Å². The summed E-state index contributed by atoms with van der Waals surface area (Å²) in [5.41, 5.74) is 8.35. The average molecular weight is 375 g/mol. The van der Waals surface area contributed by atoms with Gasteiger partial charge in [-0.05, 0) is 51.7 Å². The lowest BCUT2D eigenvalue weighted by molar-refractivity contribution is 0.390. The van der Waals surface area contributed by atoms with Gasteiger partial charge in [0.15, 0.2) is 0 Å².